The molecule has 1 amide bonds. The Labute approximate surface area is 165 Å². The number of nitrogens with one attached hydrogen (secondary N) is 1. The first-order chi connectivity index (χ1) is 12.7. The van der Waals surface area contributed by atoms with Crippen LogP contribution in [0.3, 0.4) is 0 Å². The highest BCUT2D eigenvalue weighted by Crippen LogP contribution is 2.18. The molecular weight excluding hydrogens is 440 g/mol. The zero-order valence-corrected chi connectivity index (χ0v) is 16.9. The van der Waals surface area contributed by atoms with Gasteiger partial charge in [-0.15, -0.1) is 0 Å². The van der Waals surface area contributed by atoms with Crippen molar-refractivity contribution in [2.24, 2.45) is 0 Å². The van der Waals surface area contributed by atoms with E-state index in [1.54, 1.807) is 12.1 Å². The number of anilines is 1. The summed E-state index contributed by atoms with van der Waals surface area (Å²) in [6, 6.07) is 9.09. The number of furan rings is 1. The third-order valence-electron chi connectivity index (χ3n) is 3.22. The second-order valence-electron chi connectivity index (χ2n) is 5.45. The van der Waals surface area contributed by atoms with E-state index < -0.39 is 28.5 Å². The van der Waals surface area contributed by atoms with Crippen LogP contribution in [0.15, 0.2) is 56.5 Å². The molecule has 0 saturated heterocycles. The molecule has 27 heavy (non-hydrogen) atoms. The minimum Gasteiger partial charge on any atom is -0.452 e. The van der Waals surface area contributed by atoms with Crippen LogP contribution < -0.4 is 5.32 Å². The number of hydrogen-bond donors (Lipinski definition) is 1. The van der Waals surface area contributed by atoms with Gasteiger partial charge in [0.2, 0.25) is 10.0 Å². The number of ether oxygens (including phenoxy) is 1. The van der Waals surface area contributed by atoms with Gasteiger partial charge in [0.25, 0.3) is 5.91 Å². The van der Waals surface area contributed by atoms with Crippen molar-refractivity contribution < 1.29 is 27.2 Å². The molecule has 0 radical (unpaired) electrons. The highest BCUT2D eigenvalue weighted by Gasteiger charge is 2.17. The van der Waals surface area contributed by atoms with Gasteiger partial charge in [0.1, 0.15) is 5.76 Å². The topological polar surface area (TPSA) is 106 Å². The average Bonchev–Trinajstić information content (AvgIpc) is 3.03. The monoisotopic (exact) mass is 456 g/mol. The number of halogens is 1. The van der Waals surface area contributed by atoms with Crippen molar-refractivity contribution in [1.29, 1.82) is 0 Å². The lowest BCUT2D eigenvalue weighted by Gasteiger charge is -2.12. The molecule has 10 heteroatoms. The molecule has 0 saturated carbocycles. The predicted molar refractivity (Wildman–Crippen MR) is 102 cm³/mol. The second kappa shape index (κ2) is 8.98. The Morgan fingerprint density at radius 3 is 2.63 bits per heavy atom. The van der Waals surface area contributed by atoms with Crippen molar-refractivity contribution >= 4 is 49.6 Å². The summed E-state index contributed by atoms with van der Waals surface area (Å²) in [6.45, 7) is -0.518. The number of hydrogen-bond acceptors (Lipinski definition) is 6. The van der Waals surface area contributed by atoms with Crippen molar-refractivity contribution in [2.45, 2.75) is 4.90 Å². The fraction of sp³-hybridized carbons (Fsp3) is 0.176. The first kappa shape index (κ1) is 20.9. The fourth-order valence-corrected chi connectivity index (χ4v) is 3.16. The van der Waals surface area contributed by atoms with Crippen LogP contribution in [0.5, 0.6) is 0 Å². The maximum absolute atomic E-state index is 12.1. The van der Waals surface area contributed by atoms with E-state index in [1.807, 2.05) is 0 Å². The molecule has 0 aliphatic heterocycles. The molecule has 1 aromatic carbocycles. The highest BCUT2D eigenvalue weighted by molar-refractivity contribution is 9.10. The Kier molecular flexibility index (Phi) is 6.94. The second-order valence-corrected chi connectivity index (χ2v) is 8.38. The van der Waals surface area contributed by atoms with Gasteiger partial charge in [-0.1, -0.05) is 6.07 Å². The minimum absolute atomic E-state index is 0.0369. The van der Waals surface area contributed by atoms with E-state index in [1.165, 1.54) is 44.4 Å². The summed E-state index contributed by atoms with van der Waals surface area (Å²) in [4.78, 5) is 23.5. The van der Waals surface area contributed by atoms with Crippen molar-refractivity contribution in [1.82, 2.24) is 4.31 Å². The molecule has 0 bridgehead atoms. The molecule has 1 heterocycles. The maximum atomic E-state index is 12.1. The summed E-state index contributed by atoms with van der Waals surface area (Å²) in [7, 11) is -0.794. The van der Waals surface area contributed by atoms with Gasteiger partial charge in [0.05, 0.1) is 4.90 Å². The summed E-state index contributed by atoms with van der Waals surface area (Å²) in [6.07, 6.45) is 2.53. The van der Waals surface area contributed by atoms with Crippen LogP contribution >= 0.6 is 15.9 Å². The molecule has 0 atom stereocenters. The SMILES string of the molecule is CN(C)S(=O)(=O)c1cccc(NC(=O)COC(=O)/C=C/c2ccc(Br)o2)c1. The number of amides is 1. The summed E-state index contributed by atoms with van der Waals surface area (Å²) < 4.78 is 35.8. The van der Waals surface area contributed by atoms with E-state index in [9.17, 15) is 18.0 Å². The molecule has 2 aromatic rings. The number of esters is 1. The quantitative estimate of drug-likeness (QED) is 0.506. The van der Waals surface area contributed by atoms with Crippen molar-refractivity contribution in [3.05, 3.63) is 52.9 Å². The van der Waals surface area contributed by atoms with Gasteiger partial charge in [-0.05, 0) is 52.3 Å². The van der Waals surface area contributed by atoms with E-state index >= 15 is 0 Å². The number of sulfonamides is 1. The standard InChI is InChI=1S/C17H17BrN2O6S/c1-20(2)27(23,24)14-5-3-4-12(10-14)19-16(21)11-25-17(22)9-7-13-6-8-15(18)26-13/h3-10H,11H2,1-2H3,(H,19,21)/b9-7+. The summed E-state index contributed by atoms with van der Waals surface area (Å²) in [5.41, 5.74) is 0.273. The van der Waals surface area contributed by atoms with Crippen LogP contribution in [0.2, 0.25) is 0 Å². The predicted octanol–water partition coefficient (Wildman–Crippen LogP) is 2.49. The first-order valence-corrected chi connectivity index (χ1v) is 9.84. The Balaban J connectivity index is 1.90. The van der Waals surface area contributed by atoms with Gasteiger partial charge in [-0.25, -0.2) is 17.5 Å². The van der Waals surface area contributed by atoms with Gasteiger partial charge in [-0.3, -0.25) is 4.79 Å². The Hall–Kier alpha value is -2.43. The van der Waals surface area contributed by atoms with Crippen LogP contribution in [-0.4, -0.2) is 45.3 Å². The lowest BCUT2D eigenvalue weighted by atomic mass is 10.3. The van der Waals surface area contributed by atoms with E-state index in [2.05, 4.69) is 21.2 Å². The third kappa shape index (κ3) is 6.05. The summed E-state index contributed by atoms with van der Waals surface area (Å²) >= 11 is 3.14. The molecule has 1 N–H and O–H groups in total. The maximum Gasteiger partial charge on any atom is 0.331 e. The van der Waals surface area contributed by atoms with Gasteiger partial charge in [0.15, 0.2) is 11.3 Å². The largest absolute Gasteiger partial charge is 0.452 e. The molecule has 0 fully saturated rings. The van der Waals surface area contributed by atoms with Gasteiger partial charge < -0.3 is 14.5 Å². The van der Waals surface area contributed by atoms with Crippen molar-refractivity contribution in [3.63, 3.8) is 0 Å². The van der Waals surface area contributed by atoms with E-state index in [0.717, 1.165) is 10.4 Å². The van der Waals surface area contributed by atoms with Crippen LogP contribution in [0, 0.1) is 0 Å². The van der Waals surface area contributed by atoms with Crippen molar-refractivity contribution in [3.8, 4) is 0 Å². The lowest BCUT2D eigenvalue weighted by molar-refractivity contribution is -0.142. The number of benzene rings is 1. The fourth-order valence-electron chi connectivity index (χ4n) is 1.90. The number of rotatable bonds is 7. The molecule has 0 spiro atoms. The normalized spacial score (nSPS) is 11.7. The number of carbonyl (C=O) groups is 2. The Morgan fingerprint density at radius 1 is 1.26 bits per heavy atom. The van der Waals surface area contributed by atoms with Crippen LogP contribution in [0.25, 0.3) is 6.08 Å². The number of carbonyl (C=O) groups excluding carboxylic acids is 2. The molecule has 144 valence electrons. The summed E-state index contributed by atoms with van der Waals surface area (Å²) in [5.74, 6) is -0.874. The van der Waals surface area contributed by atoms with E-state index in [4.69, 9.17) is 9.15 Å². The molecule has 0 aliphatic rings. The van der Waals surface area contributed by atoms with Crippen molar-refractivity contribution in [2.75, 3.05) is 26.0 Å². The highest BCUT2D eigenvalue weighted by atomic mass is 79.9. The average molecular weight is 457 g/mol. The zero-order valence-electron chi connectivity index (χ0n) is 14.5. The molecule has 2 rings (SSSR count). The van der Waals surface area contributed by atoms with Gasteiger partial charge >= 0.3 is 5.97 Å². The minimum atomic E-state index is -3.62. The smallest absolute Gasteiger partial charge is 0.331 e. The van der Waals surface area contributed by atoms with Crippen LogP contribution in [-0.2, 0) is 24.3 Å². The Bertz CT molecular complexity index is 965. The third-order valence-corrected chi connectivity index (χ3v) is 5.46. The molecule has 0 unspecified atom stereocenters. The molecule has 1 aromatic heterocycles. The molecule has 8 nitrogen and oxygen atoms in total. The van der Waals surface area contributed by atoms with Crippen LogP contribution in [0.1, 0.15) is 5.76 Å². The zero-order chi connectivity index (χ0) is 20.0. The van der Waals surface area contributed by atoms with Crippen LogP contribution in [0.4, 0.5) is 5.69 Å². The number of nitrogens with zero attached hydrogens (tertiary/aromatic N) is 1. The lowest BCUT2D eigenvalue weighted by Crippen LogP contribution is -2.23. The van der Waals surface area contributed by atoms with Gasteiger partial charge in [0, 0.05) is 25.9 Å². The summed E-state index contributed by atoms with van der Waals surface area (Å²) in [5, 5.41) is 2.48. The first-order valence-electron chi connectivity index (χ1n) is 7.61. The van der Waals surface area contributed by atoms with Gasteiger partial charge in [-0.2, -0.15) is 0 Å². The molecule has 0 aliphatic carbocycles. The Morgan fingerprint density at radius 2 is 2.00 bits per heavy atom. The molecular formula is C17H17BrN2O6S. The van der Waals surface area contributed by atoms with E-state index in [-0.39, 0.29) is 10.6 Å². The van der Waals surface area contributed by atoms with E-state index in [0.29, 0.717) is 10.4 Å².